The molecule has 0 aliphatic rings. The molecule has 0 aliphatic carbocycles. The van der Waals surface area contributed by atoms with E-state index in [0.717, 1.165) is 27.6 Å². The first-order chi connectivity index (χ1) is 19.7. The fourth-order valence-electron chi connectivity index (χ4n) is 4.15. The first-order valence-electron chi connectivity index (χ1n) is 13.0. The number of benzene rings is 4. The molecule has 0 atom stereocenters. The summed E-state index contributed by atoms with van der Waals surface area (Å²) in [6, 6.07) is 24.0. The van der Waals surface area contributed by atoms with Crippen LogP contribution >= 0.6 is 0 Å². The molecule has 0 aliphatic heterocycles. The molecule has 7 N–H and O–H groups in total. The molecule has 10 nitrogen and oxygen atoms in total. The first kappa shape index (κ1) is 31.8. The predicted molar refractivity (Wildman–Crippen MR) is 166 cm³/mol. The van der Waals surface area contributed by atoms with Crippen molar-refractivity contribution in [3.05, 3.63) is 101 Å². The van der Waals surface area contributed by atoms with Gasteiger partial charge >= 0.3 is 5.97 Å². The standard InChI is InChI=1S/C30H30N4O3.CH4O3S/c1-18(2)16-34-29(35)22-9-12-25(27(15-22)30(36)37)26-14-21-6-4-3-5-20(21)13-23(26)17-33-24-10-7-19(8-11-24)28(31)32;1-5(2,3)4/h3-15,18,33H,16-17H2,1-2H3,(H3,31,32)(H,34,35)(H,36,37);1H3,(H,2,3,4). The number of nitrogens with two attached hydrogens (primary N) is 1. The normalized spacial score (nSPS) is 11.0. The number of carboxylic acids is 1. The Morgan fingerprint density at radius 2 is 1.48 bits per heavy atom. The number of hydrogen-bond acceptors (Lipinski definition) is 6. The highest BCUT2D eigenvalue weighted by Crippen LogP contribution is 2.33. The summed E-state index contributed by atoms with van der Waals surface area (Å²) in [7, 11) is -3.67. The predicted octanol–water partition coefficient (Wildman–Crippen LogP) is 4.99. The van der Waals surface area contributed by atoms with E-state index >= 15 is 0 Å². The van der Waals surface area contributed by atoms with Crippen molar-refractivity contribution in [2.75, 3.05) is 18.1 Å². The van der Waals surface area contributed by atoms with Crippen LogP contribution in [0.25, 0.3) is 21.9 Å². The number of nitrogen functional groups attached to an aromatic ring is 1. The molecular weight excluding hydrogens is 556 g/mol. The lowest BCUT2D eigenvalue weighted by molar-refractivity contribution is 0.0697. The van der Waals surface area contributed by atoms with E-state index in [1.807, 2.05) is 56.3 Å². The molecule has 0 aromatic heterocycles. The molecule has 0 saturated carbocycles. The number of fused-ring (bicyclic) bond motifs is 1. The molecule has 4 aromatic rings. The first-order valence-corrected chi connectivity index (χ1v) is 14.9. The molecule has 4 rings (SSSR count). The number of carbonyl (C=O) groups excluding carboxylic acids is 1. The molecule has 0 spiro atoms. The summed E-state index contributed by atoms with van der Waals surface area (Å²) in [6.07, 6.45) is 0.715. The summed E-state index contributed by atoms with van der Waals surface area (Å²) in [6.45, 7) is 4.95. The number of carbonyl (C=O) groups is 2. The van der Waals surface area contributed by atoms with Gasteiger partial charge in [0.1, 0.15) is 5.84 Å². The minimum atomic E-state index is -3.67. The summed E-state index contributed by atoms with van der Waals surface area (Å²) in [5.74, 6) is -1.10. The molecule has 11 heteroatoms. The Balaban J connectivity index is 0.000000892. The summed E-state index contributed by atoms with van der Waals surface area (Å²) in [5, 5.41) is 25.9. The maximum absolute atomic E-state index is 12.6. The number of nitrogens with one attached hydrogen (secondary N) is 3. The number of rotatable bonds is 9. The van der Waals surface area contributed by atoms with Gasteiger partial charge in [0.05, 0.1) is 11.8 Å². The van der Waals surface area contributed by atoms with Gasteiger partial charge < -0.3 is 21.5 Å². The molecule has 220 valence electrons. The van der Waals surface area contributed by atoms with Crippen LogP contribution in [0.2, 0.25) is 0 Å². The van der Waals surface area contributed by atoms with Crippen LogP contribution in [0.3, 0.4) is 0 Å². The van der Waals surface area contributed by atoms with E-state index in [9.17, 15) is 23.1 Å². The highest BCUT2D eigenvalue weighted by Gasteiger charge is 2.18. The molecule has 0 bridgehead atoms. The minimum absolute atomic E-state index is 0.00546. The van der Waals surface area contributed by atoms with E-state index < -0.39 is 16.1 Å². The van der Waals surface area contributed by atoms with Crippen molar-refractivity contribution in [1.29, 1.82) is 5.41 Å². The molecule has 0 radical (unpaired) electrons. The summed E-state index contributed by atoms with van der Waals surface area (Å²) < 4.78 is 25.9. The molecule has 0 unspecified atom stereocenters. The second kappa shape index (κ2) is 13.7. The fraction of sp³-hybridized carbons (Fsp3) is 0.194. The Morgan fingerprint density at radius 3 is 2.02 bits per heavy atom. The van der Waals surface area contributed by atoms with Crippen molar-refractivity contribution in [3.8, 4) is 11.1 Å². The number of aromatic carboxylic acids is 1. The van der Waals surface area contributed by atoms with E-state index in [1.54, 1.807) is 24.3 Å². The maximum atomic E-state index is 12.6. The number of hydrogen-bond donors (Lipinski definition) is 6. The molecule has 0 saturated heterocycles. The Bertz CT molecular complexity index is 1710. The zero-order valence-corrected chi connectivity index (χ0v) is 24.3. The van der Waals surface area contributed by atoms with Crippen LogP contribution in [-0.2, 0) is 16.7 Å². The summed E-state index contributed by atoms with van der Waals surface area (Å²) in [4.78, 5) is 24.9. The average molecular weight is 591 g/mol. The Labute approximate surface area is 244 Å². The lowest BCUT2D eigenvalue weighted by Gasteiger charge is -2.16. The van der Waals surface area contributed by atoms with Gasteiger partial charge in [0.2, 0.25) is 0 Å². The number of amides is 1. The SMILES string of the molecule is CC(C)CNC(=O)c1ccc(-c2cc3ccccc3cc2CNc2ccc(C(=N)N)cc2)c(C(=O)O)c1.CS(=O)(=O)O. The van der Waals surface area contributed by atoms with Crippen LogP contribution in [0.5, 0.6) is 0 Å². The zero-order chi connectivity index (χ0) is 31.0. The van der Waals surface area contributed by atoms with Gasteiger partial charge in [-0.2, -0.15) is 8.42 Å². The maximum Gasteiger partial charge on any atom is 0.336 e. The van der Waals surface area contributed by atoms with E-state index in [2.05, 4.69) is 16.7 Å². The lowest BCUT2D eigenvalue weighted by Crippen LogP contribution is -2.27. The third-order valence-electron chi connectivity index (χ3n) is 6.12. The van der Waals surface area contributed by atoms with Crippen LogP contribution in [0.1, 0.15) is 45.7 Å². The van der Waals surface area contributed by atoms with Gasteiger partial charge in [0.25, 0.3) is 16.0 Å². The Kier molecular flexibility index (Phi) is 10.4. The molecule has 1 amide bonds. The quantitative estimate of drug-likeness (QED) is 0.0895. The monoisotopic (exact) mass is 590 g/mol. The van der Waals surface area contributed by atoms with Gasteiger partial charge in [-0.05, 0) is 81.9 Å². The van der Waals surface area contributed by atoms with Gasteiger partial charge in [0, 0.05) is 29.9 Å². The largest absolute Gasteiger partial charge is 0.478 e. The van der Waals surface area contributed by atoms with Crippen LogP contribution in [0, 0.1) is 11.3 Å². The van der Waals surface area contributed by atoms with Gasteiger partial charge in [0.15, 0.2) is 0 Å². The molecule has 42 heavy (non-hydrogen) atoms. The highest BCUT2D eigenvalue weighted by atomic mass is 32.2. The second-order valence-corrected chi connectivity index (χ2v) is 11.6. The Morgan fingerprint density at radius 1 is 0.905 bits per heavy atom. The van der Waals surface area contributed by atoms with Crippen LogP contribution in [-0.4, -0.2) is 48.6 Å². The molecular formula is C31H34N4O6S. The average Bonchev–Trinajstić information content (AvgIpc) is 2.93. The smallest absolute Gasteiger partial charge is 0.336 e. The lowest BCUT2D eigenvalue weighted by atomic mass is 9.91. The van der Waals surface area contributed by atoms with Gasteiger partial charge in [-0.1, -0.05) is 44.2 Å². The van der Waals surface area contributed by atoms with Crippen molar-refractivity contribution < 1.29 is 27.7 Å². The van der Waals surface area contributed by atoms with Crippen LogP contribution in [0.15, 0.2) is 78.9 Å². The van der Waals surface area contributed by atoms with Crippen molar-refractivity contribution in [3.63, 3.8) is 0 Å². The second-order valence-electron chi connectivity index (χ2n) is 10.1. The highest BCUT2D eigenvalue weighted by molar-refractivity contribution is 7.85. The van der Waals surface area contributed by atoms with E-state index in [-0.39, 0.29) is 23.2 Å². The van der Waals surface area contributed by atoms with Crippen LogP contribution in [0.4, 0.5) is 5.69 Å². The van der Waals surface area contributed by atoms with E-state index in [4.69, 9.17) is 15.7 Å². The number of carboxylic acid groups (broad SMARTS) is 1. The number of amidine groups is 1. The third kappa shape index (κ3) is 9.15. The summed E-state index contributed by atoms with van der Waals surface area (Å²) in [5.41, 5.74) is 9.65. The third-order valence-corrected chi connectivity index (χ3v) is 6.12. The zero-order valence-electron chi connectivity index (χ0n) is 23.5. The molecule has 0 heterocycles. The van der Waals surface area contributed by atoms with Gasteiger partial charge in [-0.3, -0.25) is 14.8 Å². The van der Waals surface area contributed by atoms with Crippen molar-refractivity contribution in [1.82, 2.24) is 5.32 Å². The summed E-state index contributed by atoms with van der Waals surface area (Å²) >= 11 is 0. The van der Waals surface area contributed by atoms with Crippen molar-refractivity contribution in [2.24, 2.45) is 11.7 Å². The number of anilines is 1. The molecule has 4 aromatic carbocycles. The Hall–Kier alpha value is -4.74. The van der Waals surface area contributed by atoms with E-state index in [0.29, 0.717) is 36.0 Å². The van der Waals surface area contributed by atoms with Crippen molar-refractivity contribution in [2.45, 2.75) is 20.4 Å². The van der Waals surface area contributed by atoms with Crippen molar-refractivity contribution >= 4 is 44.3 Å². The van der Waals surface area contributed by atoms with E-state index in [1.165, 1.54) is 6.07 Å². The fourth-order valence-corrected chi connectivity index (χ4v) is 4.15. The van der Waals surface area contributed by atoms with Crippen LogP contribution < -0.4 is 16.4 Å². The van der Waals surface area contributed by atoms with Gasteiger partial charge in [-0.25, -0.2) is 4.79 Å². The topological polar surface area (TPSA) is 183 Å². The molecule has 0 fully saturated rings. The van der Waals surface area contributed by atoms with Gasteiger partial charge in [-0.15, -0.1) is 0 Å². The minimum Gasteiger partial charge on any atom is -0.478 e.